The number of esters is 1. The van der Waals surface area contributed by atoms with Crippen LogP contribution in [0.4, 0.5) is 0 Å². The number of carboxylic acids is 1. The Kier molecular flexibility index (Phi) is 31.8. The van der Waals surface area contributed by atoms with Gasteiger partial charge in [0.25, 0.3) is 0 Å². The fraction of sp³-hybridized carbons (Fsp3) is 0.656. The number of carbonyl (C=O) groups excluding carboxylic acids is 6. The number of amides is 5. The summed E-state index contributed by atoms with van der Waals surface area (Å²) in [5, 5.41) is 20.5. The van der Waals surface area contributed by atoms with Crippen LogP contribution in [0, 0.1) is 38.4 Å². The highest BCUT2D eigenvalue weighted by atomic mass is 35.5. The highest BCUT2D eigenvalue weighted by Crippen LogP contribution is 2.57. The summed E-state index contributed by atoms with van der Waals surface area (Å²) in [5.41, 5.74) is 6.22. The van der Waals surface area contributed by atoms with Gasteiger partial charge in [-0.15, -0.1) is 11.6 Å². The SMILES string of the molecule is CN(C)C1(c2ccccn2)CCC2(CC1)CC(=O)N(CCCC#N)C2.CN(C)C1(c2ccccn2)CCC2(CC1)CC(=O)N(CCCC(=O)O)C2.CN(C)C1(c2ccccn2)CCC2(CC1)CC(=O)N(CCCCl)C2.CN(C)C1(c2ccccn2)CCC2(CC1)CNC(=O)C2.COC(=O)CCCN1CC2(CCC(c3ccccn3)(N(C)C)CC2)CC1=O. The van der Waals surface area contributed by atoms with Crippen LogP contribution in [0.3, 0.4) is 0 Å². The predicted octanol–water partition coefficient (Wildman–Crippen LogP) is 13.2. The third kappa shape index (κ3) is 21.6. The summed E-state index contributed by atoms with van der Waals surface area (Å²) in [5.74, 6) is 0.847. The topological polar surface area (TPSA) is 278 Å². The van der Waals surface area contributed by atoms with Crippen LogP contribution in [-0.4, -0.2) is 258 Å². The van der Waals surface area contributed by atoms with Gasteiger partial charge in [-0.3, -0.25) is 83.0 Å². The number of halogens is 1. The Morgan fingerprint density at radius 3 is 0.885 bits per heavy atom. The van der Waals surface area contributed by atoms with Crippen molar-refractivity contribution in [2.75, 3.05) is 142 Å². The molecule has 0 bridgehead atoms. The first-order chi connectivity index (χ1) is 58.4. The zero-order valence-electron chi connectivity index (χ0n) is 75.0. The Morgan fingerprint density at radius 2 is 0.664 bits per heavy atom. The number of unbranched alkanes of at least 4 members (excludes halogenated alkanes) is 1. The van der Waals surface area contributed by atoms with Gasteiger partial charge >= 0.3 is 11.9 Å². The molecule has 5 amide bonds. The van der Waals surface area contributed by atoms with E-state index in [9.17, 15) is 33.6 Å². The Bertz CT molecular complexity index is 4280. The van der Waals surface area contributed by atoms with Crippen molar-refractivity contribution in [3.05, 3.63) is 150 Å². The number of nitrogens with zero attached hydrogens (tertiary/aromatic N) is 15. The van der Waals surface area contributed by atoms with E-state index in [1.807, 2.05) is 87.0 Å². The molecule has 10 heterocycles. The summed E-state index contributed by atoms with van der Waals surface area (Å²) >= 11 is 5.79. The first-order valence-electron chi connectivity index (χ1n) is 44.9. The van der Waals surface area contributed by atoms with Crippen LogP contribution in [0.2, 0.25) is 0 Å². The molecule has 0 aromatic carbocycles. The molecule has 5 aliphatic carbocycles. The number of alkyl halides is 1. The lowest BCUT2D eigenvalue weighted by Gasteiger charge is -2.48. The summed E-state index contributed by atoms with van der Waals surface area (Å²) in [6, 6.07) is 32.9. The van der Waals surface area contributed by atoms with E-state index in [1.165, 1.54) is 7.11 Å². The van der Waals surface area contributed by atoms with E-state index in [0.29, 0.717) is 82.7 Å². The first kappa shape index (κ1) is 94.3. The molecular formula is C96H139ClN16O9. The molecule has 2 N–H and O–H groups in total. The van der Waals surface area contributed by atoms with Crippen LogP contribution in [0.25, 0.3) is 0 Å². The van der Waals surface area contributed by atoms with E-state index in [1.54, 1.807) is 0 Å². The minimum atomic E-state index is -0.796. The number of ether oxygens (including phenoxy) is 1. The second kappa shape index (κ2) is 41.2. The third-order valence-electron chi connectivity index (χ3n) is 30.6. The maximum atomic E-state index is 12.5. The Hall–Kier alpha value is -8.38. The minimum absolute atomic E-state index is 0.000877. The maximum absolute atomic E-state index is 12.5. The highest BCUT2D eigenvalue weighted by molar-refractivity contribution is 6.17. The molecule has 5 aliphatic heterocycles. The predicted molar refractivity (Wildman–Crippen MR) is 473 cm³/mol. The number of aliphatic carboxylic acids is 1. The van der Waals surface area contributed by atoms with Crippen molar-refractivity contribution in [1.29, 1.82) is 5.26 Å². The van der Waals surface area contributed by atoms with Crippen molar-refractivity contribution >= 4 is 53.1 Å². The quantitative estimate of drug-likeness (QED) is 0.0330. The number of aromatic nitrogens is 5. The molecule has 664 valence electrons. The number of likely N-dealkylation sites (tertiary alicyclic amines) is 4. The lowest BCUT2D eigenvalue weighted by Crippen LogP contribution is -2.48. The number of carbonyl (C=O) groups is 7. The number of hydrogen-bond donors (Lipinski definition) is 2. The molecule has 5 aromatic rings. The molecule has 5 spiro atoms. The minimum Gasteiger partial charge on any atom is -0.481 e. The van der Waals surface area contributed by atoms with Gasteiger partial charge in [0, 0.05) is 147 Å². The second-order valence-electron chi connectivity index (χ2n) is 38.6. The van der Waals surface area contributed by atoms with Gasteiger partial charge < -0.3 is 34.8 Å². The highest BCUT2D eigenvalue weighted by Gasteiger charge is 2.56. The monoisotopic (exact) mass is 1700 g/mol. The number of rotatable bonds is 24. The molecule has 10 aliphatic rings. The largest absolute Gasteiger partial charge is 0.481 e. The summed E-state index contributed by atoms with van der Waals surface area (Å²) in [7, 11) is 22.8. The lowest BCUT2D eigenvalue weighted by atomic mass is 9.65. The second-order valence-corrected chi connectivity index (χ2v) is 39.0. The Labute approximate surface area is 731 Å². The molecule has 25 nitrogen and oxygen atoms in total. The van der Waals surface area contributed by atoms with Gasteiger partial charge in [-0.05, 0) is 312 Å². The number of methoxy groups -OCH3 is 1. The average Bonchev–Trinajstić information content (AvgIpc) is 1.45. The molecule has 0 atom stereocenters. The van der Waals surface area contributed by atoms with Gasteiger partial charge in [-0.1, -0.05) is 30.3 Å². The maximum Gasteiger partial charge on any atom is 0.305 e. The first-order valence-corrected chi connectivity index (χ1v) is 45.4. The summed E-state index contributed by atoms with van der Waals surface area (Å²) < 4.78 is 4.69. The summed E-state index contributed by atoms with van der Waals surface area (Å²) in [4.78, 5) is 126. The summed E-state index contributed by atoms with van der Waals surface area (Å²) in [6.07, 6.45) is 37.5. The average molecular weight is 1700 g/mol. The molecule has 0 unspecified atom stereocenters. The van der Waals surface area contributed by atoms with Crippen LogP contribution >= 0.6 is 11.6 Å². The number of carboxylic acid groups (broad SMARTS) is 1. The molecule has 5 aromatic heterocycles. The van der Waals surface area contributed by atoms with Gasteiger partial charge in [-0.2, -0.15) is 5.26 Å². The van der Waals surface area contributed by atoms with Gasteiger partial charge in [0.05, 0.1) is 69.3 Å². The zero-order chi connectivity index (χ0) is 87.6. The third-order valence-corrected chi connectivity index (χ3v) is 30.9. The van der Waals surface area contributed by atoms with E-state index in [4.69, 9.17) is 22.0 Å². The molecule has 10 fully saturated rings. The Balaban J connectivity index is 0.000000149. The molecule has 5 saturated carbocycles. The smallest absolute Gasteiger partial charge is 0.305 e. The van der Waals surface area contributed by atoms with Crippen molar-refractivity contribution in [3.63, 3.8) is 0 Å². The fourth-order valence-corrected chi connectivity index (χ4v) is 22.7. The molecule has 5 saturated heterocycles. The Morgan fingerprint density at radius 1 is 0.402 bits per heavy atom. The standard InChI is InChI=1S/C21H31N3O3.C20H28N4O.C20H29N3O3.C19H28ClN3O.C16H23N3O/c1-23(2)21(17-7-4-5-13-22-17)11-9-20(10-12-21)15-18(25)24(16-20)14-6-8-19(26)27-3;1-23(2)20(17-7-3-5-13-22-17)10-8-19(9-11-20)15-18(25)24(16-19)14-6-4-12-21;1-22(2)20(16-6-3-4-12-21-16)10-8-19(9-11-20)14-17(24)23(15-19)13-5-7-18(25)26;1-22(2)19(16-6-3-4-12-21-16)9-7-18(8-10-19)14-17(24)23(15-18)13-5-11-20;1-19(2)16(13-5-3-4-10-17-13)8-6-15(7-9-16)11-14(20)18-12-15/h4-5,7,13H,6,8-12,14-16H2,1-3H3;3,5,7,13H,4,6,8-11,14-16H2,1-2H3;3-4,6,12H,5,7-11,13-15H2,1-2H3,(H,25,26);3-4,6,12H,5,7-11,13-15H2,1-2H3;3-5,10H,6-9,11-12H2,1-2H3,(H,18,20). The van der Waals surface area contributed by atoms with Gasteiger partial charge in [-0.25, -0.2) is 0 Å². The van der Waals surface area contributed by atoms with Crippen LogP contribution in [0.5, 0.6) is 0 Å². The van der Waals surface area contributed by atoms with E-state index in [0.717, 1.165) is 216 Å². The molecule has 15 rings (SSSR count). The molecule has 26 heteroatoms. The van der Waals surface area contributed by atoms with Crippen LogP contribution in [0.1, 0.15) is 234 Å². The van der Waals surface area contributed by atoms with Crippen molar-refractivity contribution in [3.8, 4) is 6.07 Å². The van der Waals surface area contributed by atoms with Crippen LogP contribution in [-0.2, 0) is 66.0 Å². The van der Waals surface area contributed by atoms with E-state index < -0.39 is 5.97 Å². The van der Waals surface area contributed by atoms with E-state index in [2.05, 4.69) is 191 Å². The summed E-state index contributed by atoms with van der Waals surface area (Å²) in [6.45, 7) is 6.97. The van der Waals surface area contributed by atoms with E-state index >= 15 is 0 Å². The van der Waals surface area contributed by atoms with Crippen molar-refractivity contribution < 1.29 is 43.4 Å². The van der Waals surface area contributed by atoms with Crippen LogP contribution < -0.4 is 5.32 Å². The van der Waals surface area contributed by atoms with Gasteiger partial charge in [0.15, 0.2) is 0 Å². The molecular weight excluding hydrogens is 1560 g/mol. The number of nitrogens with one attached hydrogen (secondary N) is 1. The molecule has 0 radical (unpaired) electrons. The van der Waals surface area contributed by atoms with Gasteiger partial charge in [0.1, 0.15) is 0 Å². The number of pyridine rings is 5. The van der Waals surface area contributed by atoms with Gasteiger partial charge in [0.2, 0.25) is 29.5 Å². The van der Waals surface area contributed by atoms with Crippen molar-refractivity contribution in [2.24, 2.45) is 27.1 Å². The van der Waals surface area contributed by atoms with Crippen molar-refractivity contribution in [1.82, 2.24) is 74.3 Å². The van der Waals surface area contributed by atoms with Crippen LogP contribution in [0.15, 0.2) is 122 Å². The normalized spacial score (nSPS) is 29.9. The van der Waals surface area contributed by atoms with Crippen molar-refractivity contribution in [2.45, 2.75) is 233 Å². The fourth-order valence-electron chi connectivity index (χ4n) is 22.5. The lowest BCUT2D eigenvalue weighted by molar-refractivity contribution is -0.141. The number of nitriles is 1. The zero-order valence-corrected chi connectivity index (χ0v) is 75.8. The molecule has 122 heavy (non-hydrogen) atoms. The number of hydrogen-bond acceptors (Lipinski definition) is 19. The van der Waals surface area contributed by atoms with E-state index in [-0.39, 0.29) is 90.8 Å².